The van der Waals surface area contributed by atoms with Crippen molar-refractivity contribution in [1.29, 1.82) is 0 Å². The first-order chi connectivity index (χ1) is 9.58. The highest BCUT2D eigenvalue weighted by Gasteiger charge is 2.19. The molecule has 1 aromatic rings. The van der Waals surface area contributed by atoms with Crippen LogP contribution in [0.1, 0.15) is 51.8 Å². The first-order valence-corrected chi connectivity index (χ1v) is 7.68. The molecule has 5 nitrogen and oxygen atoms in total. The molecular formula is C15H26N4O. The van der Waals surface area contributed by atoms with Gasteiger partial charge in [0.2, 0.25) is 0 Å². The van der Waals surface area contributed by atoms with E-state index in [1.165, 1.54) is 13.0 Å². The maximum Gasteiger partial charge on any atom is 0.252 e. The van der Waals surface area contributed by atoms with Crippen LogP contribution in [-0.4, -0.2) is 40.5 Å². The second-order valence-corrected chi connectivity index (χ2v) is 5.93. The molecule has 0 radical (unpaired) electrons. The summed E-state index contributed by atoms with van der Waals surface area (Å²) in [6, 6.07) is 1.99. The third-order valence-corrected chi connectivity index (χ3v) is 3.79. The Hall–Kier alpha value is -1.36. The average Bonchev–Trinajstić information content (AvgIpc) is 2.40. The summed E-state index contributed by atoms with van der Waals surface area (Å²) in [4.78, 5) is 21.4. The van der Waals surface area contributed by atoms with Gasteiger partial charge in [-0.05, 0) is 25.8 Å². The predicted molar refractivity (Wildman–Crippen MR) is 82.3 cm³/mol. The van der Waals surface area contributed by atoms with Crippen LogP contribution >= 0.6 is 0 Å². The average molecular weight is 278 g/mol. The van der Waals surface area contributed by atoms with E-state index in [9.17, 15) is 4.79 Å². The van der Waals surface area contributed by atoms with Crippen LogP contribution in [0, 0.1) is 0 Å². The minimum atomic E-state index is -0.0744. The van der Waals surface area contributed by atoms with Gasteiger partial charge in [-0.1, -0.05) is 20.8 Å². The summed E-state index contributed by atoms with van der Waals surface area (Å²) in [5, 5.41) is 3.42. The van der Waals surface area contributed by atoms with Crippen LogP contribution in [0.15, 0.2) is 10.9 Å². The molecule has 1 aliphatic heterocycles. The Bertz CT molecular complexity index is 475. The topological polar surface area (TPSA) is 61.0 Å². The Morgan fingerprint density at radius 1 is 1.45 bits per heavy atom. The minimum absolute atomic E-state index is 0.0744. The summed E-state index contributed by atoms with van der Waals surface area (Å²) >= 11 is 0. The number of anilines is 1. The maximum atomic E-state index is 11.7. The van der Waals surface area contributed by atoms with Crippen molar-refractivity contribution in [3.05, 3.63) is 22.2 Å². The zero-order valence-corrected chi connectivity index (χ0v) is 12.8. The van der Waals surface area contributed by atoms with Gasteiger partial charge in [0, 0.05) is 31.1 Å². The Morgan fingerprint density at radius 3 is 2.75 bits per heavy atom. The fourth-order valence-corrected chi connectivity index (χ4v) is 2.65. The van der Waals surface area contributed by atoms with Crippen molar-refractivity contribution >= 4 is 5.82 Å². The number of piperidine rings is 1. The van der Waals surface area contributed by atoms with Crippen LogP contribution in [0.2, 0.25) is 0 Å². The number of aromatic amines is 1. The second kappa shape index (κ2) is 6.88. The molecule has 112 valence electrons. The molecule has 1 saturated heterocycles. The lowest BCUT2D eigenvalue weighted by Crippen LogP contribution is -2.39. The van der Waals surface area contributed by atoms with Gasteiger partial charge in [0.05, 0.1) is 0 Å². The molecule has 2 N–H and O–H groups in total. The summed E-state index contributed by atoms with van der Waals surface area (Å²) in [5.41, 5.74) is -0.0744. The molecule has 1 fully saturated rings. The van der Waals surface area contributed by atoms with E-state index in [2.05, 4.69) is 27.1 Å². The predicted octanol–water partition coefficient (Wildman–Crippen LogP) is 2.18. The number of hydrogen-bond acceptors (Lipinski definition) is 4. The number of likely N-dealkylation sites (tertiary alicyclic amines) is 1. The van der Waals surface area contributed by atoms with Gasteiger partial charge in [0.1, 0.15) is 11.6 Å². The largest absolute Gasteiger partial charge is 0.367 e. The molecule has 2 heterocycles. The van der Waals surface area contributed by atoms with Gasteiger partial charge >= 0.3 is 0 Å². The second-order valence-electron chi connectivity index (χ2n) is 5.93. The summed E-state index contributed by atoms with van der Waals surface area (Å²) in [5.74, 6) is 1.70. The van der Waals surface area contributed by atoms with Crippen molar-refractivity contribution in [1.82, 2.24) is 14.9 Å². The standard InChI is InChI=1S/C15H26N4O/c1-4-7-19-8-5-12(6-9-19)16-13-10-14(20)18-15(17-13)11(2)3/h10-12H,4-9H2,1-3H3,(H2,16,17,18,20). The monoisotopic (exact) mass is 278 g/mol. The van der Waals surface area contributed by atoms with Crippen LogP contribution in [0.5, 0.6) is 0 Å². The molecule has 0 saturated carbocycles. The highest BCUT2D eigenvalue weighted by atomic mass is 16.1. The molecule has 0 spiro atoms. The van der Waals surface area contributed by atoms with Crippen LogP contribution < -0.4 is 10.9 Å². The summed E-state index contributed by atoms with van der Waals surface area (Å²) < 4.78 is 0. The van der Waals surface area contributed by atoms with Gasteiger partial charge in [-0.3, -0.25) is 4.79 Å². The van der Waals surface area contributed by atoms with Crippen molar-refractivity contribution in [2.24, 2.45) is 0 Å². The molecular weight excluding hydrogens is 252 g/mol. The molecule has 0 bridgehead atoms. The molecule has 20 heavy (non-hydrogen) atoms. The number of aromatic nitrogens is 2. The van der Waals surface area contributed by atoms with Crippen LogP contribution in [0.4, 0.5) is 5.82 Å². The first-order valence-electron chi connectivity index (χ1n) is 7.68. The minimum Gasteiger partial charge on any atom is -0.367 e. The number of rotatable bonds is 5. The summed E-state index contributed by atoms with van der Waals surface area (Å²) in [6.45, 7) is 9.74. The number of nitrogens with one attached hydrogen (secondary N) is 2. The highest BCUT2D eigenvalue weighted by Crippen LogP contribution is 2.16. The summed E-state index contributed by atoms with van der Waals surface area (Å²) in [7, 11) is 0. The van der Waals surface area contributed by atoms with E-state index in [0.29, 0.717) is 11.9 Å². The normalized spacial score (nSPS) is 17.6. The van der Waals surface area contributed by atoms with E-state index in [-0.39, 0.29) is 11.5 Å². The highest BCUT2D eigenvalue weighted by molar-refractivity contribution is 5.34. The number of hydrogen-bond donors (Lipinski definition) is 2. The third-order valence-electron chi connectivity index (χ3n) is 3.79. The lowest BCUT2D eigenvalue weighted by atomic mass is 10.0. The van der Waals surface area contributed by atoms with Gasteiger partial charge in [0.15, 0.2) is 0 Å². The van der Waals surface area contributed by atoms with Gasteiger partial charge in [-0.15, -0.1) is 0 Å². The van der Waals surface area contributed by atoms with E-state index in [1.54, 1.807) is 6.07 Å². The molecule has 2 rings (SSSR count). The van der Waals surface area contributed by atoms with Gasteiger partial charge < -0.3 is 15.2 Å². The van der Waals surface area contributed by atoms with Gasteiger partial charge in [-0.25, -0.2) is 4.98 Å². The van der Waals surface area contributed by atoms with Crippen molar-refractivity contribution in [3.63, 3.8) is 0 Å². The quantitative estimate of drug-likeness (QED) is 0.866. The Balaban J connectivity index is 1.96. The maximum absolute atomic E-state index is 11.7. The van der Waals surface area contributed by atoms with E-state index in [4.69, 9.17) is 0 Å². The van der Waals surface area contributed by atoms with E-state index in [1.807, 2.05) is 13.8 Å². The Kier molecular flexibility index (Phi) is 5.17. The Labute approximate surface area is 120 Å². The lowest BCUT2D eigenvalue weighted by molar-refractivity contribution is 0.219. The molecule has 1 aromatic heterocycles. The molecule has 1 aliphatic rings. The molecule has 0 unspecified atom stereocenters. The van der Waals surface area contributed by atoms with Crippen LogP contribution in [0.25, 0.3) is 0 Å². The molecule has 5 heteroatoms. The van der Waals surface area contributed by atoms with Gasteiger partial charge in [-0.2, -0.15) is 0 Å². The fourth-order valence-electron chi connectivity index (χ4n) is 2.65. The zero-order valence-electron chi connectivity index (χ0n) is 12.8. The van der Waals surface area contributed by atoms with Crippen LogP contribution in [0.3, 0.4) is 0 Å². The van der Waals surface area contributed by atoms with E-state index < -0.39 is 0 Å². The van der Waals surface area contributed by atoms with E-state index >= 15 is 0 Å². The molecule has 0 aromatic carbocycles. The number of H-pyrrole nitrogens is 1. The Morgan fingerprint density at radius 2 is 2.15 bits per heavy atom. The van der Waals surface area contributed by atoms with Gasteiger partial charge in [0.25, 0.3) is 5.56 Å². The first kappa shape index (κ1) is 15.0. The van der Waals surface area contributed by atoms with Crippen molar-refractivity contribution in [2.75, 3.05) is 25.0 Å². The molecule has 0 atom stereocenters. The van der Waals surface area contributed by atoms with Crippen molar-refractivity contribution in [3.8, 4) is 0 Å². The van der Waals surface area contributed by atoms with E-state index in [0.717, 1.165) is 31.8 Å². The SMILES string of the molecule is CCCN1CCC(Nc2cc(=O)[nH]c(C(C)C)n2)CC1. The lowest BCUT2D eigenvalue weighted by Gasteiger charge is -2.32. The van der Waals surface area contributed by atoms with Crippen LogP contribution in [-0.2, 0) is 0 Å². The third kappa shape index (κ3) is 4.07. The summed E-state index contributed by atoms with van der Waals surface area (Å²) in [6.07, 6.45) is 3.45. The fraction of sp³-hybridized carbons (Fsp3) is 0.733. The molecule has 0 amide bonds. The van der Waals surface area contributed by atoms with Crippen molar-refractivity contribution < 1.29 is 0 Å². The molecule has 0 aliphatic carbocycles. The number of nitrogens with zero attached hydrogens (tertiary/aromatic N) is 2. The zero-order chi connectivity index (χ0) is 14.5. The van der Waals surface area contributed by atoms with Crippen molar-refractivity contribution in [2.45, 2.75) is 52.0 Å². The smallest absolute Gasteiger partial charge is 0.252 e.